The zero-order valence-corrected chi connectivity index (χ0v) is 54.9. The average molecular weight is 1270 g/mol. The lowest BCUT2D eigenvalue weighted by molar-refractivity contribution is 0.976. The lowest BCUT2D eigenvalue weighted by Crippen LogP contribution is -2.16. The lowest BCUT2D eigenvalue weighted by atomic mass is 9.95. The minimum absolute atomic E-state index is 0.672. The maximum Gasteiger partial charge on any atom is 0.0619 e. The third-order valence-electron chi connectivity index (χ3n) is 20.6. The molecule has 19 rings (SSSR count). The van der Waals surface area contributed by atoms with E-state index < -0.39 is 0 Å². The Labute approximate surface area is 574 Å². The molecule has 6 nitrogen and oxygen atoms in total. The number of rotatable bonds is 13. The minimum atomic E-state index is 0.672. The van der Waals surface area contributed by atoms with E-state index in [0.717, 1.165) is 84.4 Å². The molecule has 0 saturated carbocycles. The Bertz CT molecular complexity index is 6350. The molecular formula is C93H66N6. The number of hydrogen-bond acceptors (Lipinski definition) is 3. The van der Waals surface area contributed by atoms with Crippen LogP contribution in [0.15, 0.2) is 352 Å². The molecule has 0 atom stereocenters. The Balaban J connectivity index is 0.722. The molecule has 0 saturated heterocycles. The number of aromatic nitrogens is 3. The van der Waals surface area contributed by atoms with Crippen LogP contribution < -0.4 is 14.7 Å². The average Bonchev–Trinajstić information content (AvgIpc) is 1.58. The van der Waals surface area contributed by atoms with E-state index in [1.54, 1.807) is 0 Å². The van der Waals surface area contributed by atoms with Crippen LogP contribution in [-0.4, -0.2) is 27.8 Å². The molecule has 0 aliphatic rings. The normalized spacial score (nSPS) is 11.8. The van der Waals surface area contributed by atoms with Crippen LogP contribution in [0.1, 0.15) is 5.56 Å². The van der Waals surface area contributed by atoms with Gasteiger partial charge in [0.1, 0.15) is 0 Å². The fourth-order valence-corrected chi connectivity index (χ4v) is 15.8. The molecule has 0 unspecified atom stereocenters. The van der Waals surface area contributed by atoms with Gasteiger partial charge in [0, 0.05) is 110 Å². The molecular weight excluding hydrogens is 1200 g/mol. The molecule has 19 aromatic rings. The van der Waals surface area contributed by atoms with E-state index in [2.05, 4.69) is 394 Å². The summed E-state index contributed by atoms with van der Waals surface area (Å²) < 4.78 is 7.41. The van der Waals surface area contributed by atoms with Crippen molar-refractivity contribution >= 4 is 132 Å². The highest BCUT2D eigenvalue weighted by molar-refractivity contribution is 6.26. The molecule has 0 spiro atoms. The van der Waals surface area contributed by atoms with Gasteiger partial charge in [-0.1, -0.05) is 218 Å². The van der Waals surface area contributed by atoms with Gasteiger partial charge in [0.05, 0.1) is 33.1 Å². The van der Waals surface area contributed by atoms with Crippen molar-refractivity contribution in [3.63, 3.8) is 0 Å². The third kappa shape index (κ3) is 9.62. The molecule has 0 fully saturated rings. The van der Waals surface area contributed by atoms with Crippen molar-refractivity contribution in [1.29, 1.82) is 0 Å². The van der Waals surface area contributed by atoms with Crippen molar-refractivity contribution in [3.05, 3.63) is 357 Å². The highest BCUT2D eigenvalue weighted by atomic mass is 15.1. The van der Waals surface area contributed by atoms with Crippen LogP contribution in [0.5, 0.6) is 0 Å². The van der Waals surface area contributed by atoms with Crippen molar-refractivity contribution in [2.24, 2.45) is 0 Å². The van der Waals surface area contributed by atoms with E-state index >= 15 is 0 Å². The lowest BCUT2D eigenvalue weighted by Gasteiger charge is -2.26. The van der Waals surface area contributed by atoms with Gasteiger partial charge in [-0.05, 0) is 188 Å². The SMILES string of the molecule is CN(c1ccccc1)c1ccc2c(c1)c1ccc3ccccc3c1n2-c1cccc(-c2cc(N(C)c3ccc(-c4cccc(CN(c5ccccc5)c5ccc6c7c8ccccc8ccc7n(-c7ccccc7)c6c5)c4)cc3)cc3c2c2c4ccccc4ccc2n3-c2ccccc2)c1. The molecule has 3 heterocycles. The molecule has 0 bridgehead atoms. The third-order valence-corrected chi connectivity index (χ3v) is 20.6. The first-order chi connectivity index (χ1) is 48.9. The van der Waals surface area contributed by atoms with Crippen molar-refractivity contribution in [1.82, 2.24) is 13.7 Å². The summed E-state index contributed by atoms with van der Waals surface area (Å²) in [6.07, 6.45) is 0. The Hall–Kier alpha value is -12.9. The second-order valence-corrected chi connectivity index (χ2v) is 26.2. The van der Waals surface area contributed by atoms with Crippen molar-refractivity contribution in [2.75, 3.05) is 28.8 Å². The Kier molecular flexibility index (Phi) is 13.6. The number of fused-ring (bicyclic) bond motifs is 15. The first-order valence-electron chi connectivity index (χ1n) is 34.1. The molecule has 99 heavy (non-hydrogen) atoms. The van der Waals surface area contributed by atoms with E-state index in [1.165, 1.54) is 92.3 Å². The second kappa shape index (κ2) is 23.5. The standard InChI is InChI=1S/C93H66N6/c1-94(69-29-7-3-8-30-69)74-49-54-85-84(57-74)81-50-43-66-26-17-20-40-80(66)93(81)99(85)76-37-22-28-68(56-76)83-58-77(60-89-92(83)91-79-39-19-16-25-65(79)45-53-87(91)98(89)73-35-13-6-14-36-73)95(2)70-46-41-63(42-47-70)67-27-21-23-62(55-67)61-96(71-31-9-4-10-32-71)75-48-51-82-88(59-75)97(72-33-11-5-12-34-72)86-52-44-64-24-15-18-38-78(64)90(82)86/h3-60H,61H2,1-2H3. The van der Waals surface area contributed by atoms with Gasteiger partial charge in [0.2, 0.25) is 0 Å². The highest BCUT2D eigenvalue weighted by Gasteiger charge is 2.25. The molecule has 0 amide bonds. The van der Waals surface area contributed by atoms with Crippen LogP contribution in [0.4, 0.5) is 34.1 Å². The predicted octanol–water partition coefficient (Wildman–Crippen LogP) is 24.6. The Morgan fingerprint density at radius 1 is 0.242 bits per heavy atom. The zero-order valence-electron chi connectivity index (χ0n) is 54.9. The predicted molar refractivity (Wildman–Crippen MR) is 421 cm³/mol. The fraction of sp³-hybridized carbons (Fsp3) is 0.0323. The second-order valence-electron chi connectivity index (χ2n) is 26.2. The smallest absolute Gasteiger partial charge is 0.0619 e. The monoisotopic (exact) mass is 1270 g/mol. The van der Waals surface area contributed by atoms with E-state index in [9.17, 15) is 0 Å². The van der Waals surface area contributed by atoms with Gasteiger partial charge in [-0.2, -0.15) is 0 Å². The fourth-order valence-electron chi connectivity index (χ4n) is 15.8. The molecule has 0 N–H and O–H groups in total. The van der Waals surface area contributed by atoms with Crippen LogP contribution in [0.2, 0.25) is 0 Å². The maximum atomic E-state index is 2.50. The Morgan fingerprint density at radius 2 is 0.747 bits per heavy atom. The first kappa shape index (κ1) is 57.5. The maximum absolute atomic E-state index is 2.50. The quantitative estimate of drug-likeness (QED) is 0.115. The summed E-state index contributed by atoms with van der Waals surface area (Å²) in [5.41, 5.74) is 22.9. The topological polar surface area (TPSA) is 24.5 Å². The van der Waals surface area contributed by atoms with Crippen molar-refractivity contribution < 1.29 is 0 Å². The number of anilines is 6. The van der Waals surface area contributed by atoms with Gasteiger partial charge in [-0.25, -0.2) is 0 Å². The van der Waals surface area contributed by atoms with Gasteiger partial charge in [-0.15, -0.1) is 0 Å². The molecule has 3 aromatic heterocycles. The molecule has 6 heteroatoms. The van der Waals surface area contributed by atoms with Crippen molar-refractivity contribution in [3.8, 4) is 39.3 Å². The first-order valence-corrected chi connectivity index (χ1v) is 34.1. The summed E-state index contributed by atoms with van der Waals surface area (Å²) in [5, 5.41) is 14.8. The van der Waals surface area contributed by atoms with E-state index in [0.29, 0.717) is 6.54 Å². The van der Waals surface area contributed by atoms with Crippen LogP contribution in [0, 0.1) is 0 Å². The molecule has 0 radical (unpaired) electrons. The van der Waals surface area contributed by atoms with Crippen LogP contribution in [-0.2, 0) is 6.54 Å². The summed E-state index contributed by atoms with van der Waals surface area (Å²) >= 11 is 0. The number of benzene rings is 16. The van der Waals surface area contributed by atoms with E-state index in [-0.39, 0.29) is 0 Å². The number of nitrogens with zero attached hydrogens (tertiary/aromatic N) is 6. The number of hydrogen-bond donors (Lipinski definition) is 0. The summed E-state index contributed by atoms with van der Waals surface area (Å²) in [6, 6.07) is 130. The molecule has 468 valence electrons. The van der Waals surface area contributed by atoms with Gasteiger partial charge in [-0.3, -0.25) is 0 Å². The van der Waals surface area contributed by atoms with Gasteiger partial charge in [0.15, 0.2) is 0 Å². The van der Waals surface area contributed by atoms with Crippen LogP contribution in [0.3, 0.4) is 0 Å². The summed E-state index contributed by atoms with van der Waals surface area (Å²) in [6.45, 7) is 0.672. The largest absolute Gasteiger partial charge is 0.345 e. The summed E-state index contributed by atoms with van der Waals surface area (Å²) in [5.74, 6) is 0. The van der Waals surface area contributed by atoms with Gasteiger partial charge < -0.3 is 28.4 Å². The molecule has 0 aliphatic heterocycles. The minimum Gasteiger partial charge on any atom is -0.345 e. The number of para-hydroxylation sites is 4. The molecule has 16 aromatic carbocycles. The highest BCUT2D eigenvalue weighted by Crippen LogP contribution is 2.47. The van der Waals surface area contributed by atoms with E-state index in [4.69, 9.17) is 0 Å². The van der Waals surface area contributed by atoms with Gasteiger partial charge >= 0.3 is 0 Å². The zero-order chi connectivity index (χ0) is 65.7. The van der Waals surface area contributed by atoms with Crippen molar-refractivity contribution in [2.45, 2.75) is 6.54 Å². The van der Waals surface area contributed by atoms with Crippen LogP contribution >= 0.6 is 0 Å². The van der Waals surface area contributed by atoms with Crippen LogP contribution in [0.25, 0.3) is 137 Å². The summed E-state index contributed by atoms with van der Waals surface area (Å²) in [7, 11) is 4.37. The Morgan fingerprint density at radius 3 is 1.45 bits per heavy atom. The molecule has 0 aliphatic carbocycles. The van der Waals surface area contributed by atoms with Gasteiger partial charge in [0.25, 0.3) is 0 Å². The summed E-state index contributed by atoms with van der Waals surface area (Å²) in [4.78, 5) is 7.09. The van der Waals surface area contributed by atoms with E-state index in [1.807, 2.05) is 0 Å².